The summed E-state index contributed by atoms with van der Waals surface area (Å²) in [5, 5.41) is 3.20. The standard InChI is InChI=1S/C23H27N5OS/c29-23(28-10-5-2-6-11-28)20(18-7-3-1-4-8-18)26-12-14-27(15-13-26)21-19-9-16-30-22(19)25-17-24-21/h1,3-4,7-9,16-17,20H,2,5-6,10-15H2. The summed E-state index contributed by atoms with van der Waals surface area (Å²) >= 11 is 1.65. The van der Waals surface area contributed by atoms with Gasteiger partial charge in [0.1, 0.15) is 23.0 Å². The van der Waals surface area contributed by atoms with Crippen LogP contribution in [0, 0.1) is 0 Å². The average molecular weight is 422 g/mol. The molecule has 1 unspecified atom stereocenters. The predicted molar refractivity (Wildman–Crippen MR) is 121 cm³/mol. The topological polar surface area (TPSA) is 52.6 Å². The molecule has 7 heteroatoms. The number of rotatable bonds is 4. The number of amides is 1. The molecular formula is C23H27N5OS. The number of piperazine rings is 1. The Kier molecular flexibility index (Phi) is 5.64. The molecule has 6 nitrogen and oxygen atoms in total. The zero-order chi connectivity index (χ0) is 20.3. The summed E-state index contributed by atoms with van der Waals surface area (Å²) in [6.45, 7) is 5.18. The van der Waals surface area contributed by atoms with E-state index in [1.807, 2.05) is 18.2 Å². The largest absolute Gasteiger partial charge is 0.353 e. The first kappa shape index (κ1) is 19.5. The van der Waals surface area contributed by atoms with E-state index in [0.29, 0.717) is 0 Å². The van der Waals surface area contributed by atoms with Gasteiger partial charge < -0.3 is 9.80 Å². The van der Waals surface area contributed by atoms with Gasteiger partial charge in [-0.25, -0.2) is 9.97 Å². The number of nitrogens with zero attached hydrogens (tertiary/aromatic N) is 5. The zero-order valence-corrected chi connectivity index (χ0v) is 17.9. The van der Waals surface area contributed by atoms with E-state index in [9.17, 15) is 4.79 Å². The monoisotopic (exact) mass is 421 g/mol. The van der Waals surface area contributed by atoms with Crippen LogP contribution in [0.15, 0.2) is 48.1 Å². The quantitative estimate of drug-likeness (QED) is 0.645. The van der Waals surface area contributed by atoms with Crippen molar-refractivity contribution in [3.05, 3.63) is 53.7 Å². The Morgan fingerprint density at radius 1 is 0.900 bits per heavy atom. The summed E-state index contributed by atoms with van der Waals surface area (Å²) in [5.41, 5.74) is 1.10. The second kappa shape index (κ2) is 8.70. The summed E-state index contributed by atoms with van der Waals surface area (Å²) in [4.78, 5) is 30.3. The van der Waals surface area contributed by atoms with Gasteiger partial charge in [-0.3, -0.25) is 9.69 Å². The molecular weight excluding hydrogens is 394 g/mol. The van der Waals surface area contributed by atoms with E-state index in [1.54, 1.807) is 17.7 Å². The third kappa shape index (κ3) is 3.79. The summed E-state index contributed by atoms with van der Waals surface area (Å²) < 4.78 is 0. The van der Waals surface area contributed by atoms with Crippen molar-refractivity contribution in [1.29, 1.82) is 0 Å². The van der Waals surface area contributed by atoms with E-state index in [1.165, 1.54) is 6.42 Å². The van der Waals surface area contributed by atoms with E-state index in [4.69, 9.17) is 0 Å². The lowest BCUT2D eigenvalue weighted by atomic mass is 10.0. The number of piperidine rings is 1. The van der Waals surface area contributed by atoms with Gasteiger partial charge in [-0.2, -0.15) is 0 Å². The van der Waals surface area contributed by atoms with Crippen molar-refractivity contribution >= 4 is 33.3 Å². The Morgan fingerprint density at radius 2 is 1.67 bits per heavy atom. The molecule has 4 heterocycles. The lowest BCUT2D eigenvalue weighted by molar-refractivity contribution is -0.138. The second-order valence-corrected chi connectivity index (χ2v) is 8.95. The maximum absolute atomic E-state index is 13.5. The number of likely N-dealkylation sites (tertiary alicyclic amines) is 1. The van der Waals surface area contributed by atoms with Gasteiger partial charge in [0.15, 0.2) is 0 Å². The molecule has 156 valence electrons. The fraction of sp³-hybridized carbons (Fsp3) is 0.435. The molecule has 2 aromatic heterocycles. The van der Waals surface area contributed by atoms with Crippen molar-refractivity contribution in [2.45, 2.75) is 25.3 Å². The summed E-state index contributed by atoms with van der Waals surface area (Å²) in [6, 6.07) is 12.2. The Labute approximate surface area is 181 Å². The molecule has 3 aromatic rings. The van der Waals surface area contributed by atoms with Gasteiger partial charge in [0.25, 0.3) is 0 Å². The van der Waals surface area contributed by atoms with E-state index in [0.717, 1.165) is 73.7 Å². The maximum atomic E-state index is 13.5. The fourth-order valence-electron chi connectivity index (χ4n) is 4.65. The van der Waals surface area contributed by atoms with Crippen molar-refractivity contribution < 1.29 is 4.79 Å². The van der Waals surface area contributed by atoms with Crippen LogP contribution in [0.3, 0.4) is 0 Å². The van der Waals surface area contributed by atoms with Crippen LogP contribution in [-0.2, 0) is 4.79 Å². The molecule has 2 saturated heterocycles. The number of aromatic nitrogens is 2. The Bertz CT molecular complexity index is 993. The minimum absolute atomic E-state index is 0.196. The minimum atomic E-state index is -0.196. The highest BCUT2D eigenvalue weighted by Crippen LogP contribution is 2.30. The van der Waals surface area contributed by atoms with E-state index in [-0.39, 0.29) is 11.9 Å². The molecule has 1 aromatic carbocycles. The molecule has 0 bridgehead atoms. The van der Waals surface area contributed by atoms with Gasteiger partial charge >= 0.3 is 0 Å². The number of thiophene rings is 1. The highest BCUT2D eigenvalue weighted by molar-refractivity contribution is 7.16. The SMILES string of the molecule is O=C(C(c1ccccc1)N1CCN(c2ncnc3sccc23)CC1)N1CCCCC1. The number of fused-ring (bicyclic) bond motifs is 1. The molecule has 0 aliphatic carbocycles. The smallest absolute Gasteiger partial charge is 0.244 e. The van der Waals surface area contributed by atoms with Crippen molar-refractivity contribution in [2.24, 2.45) is 0 Å². The molecule has 30 heavy (non-hydrogen) atoms. The first-order valence-corrected chi connectivity index (χ1v) is 11.7. The molecule has 1 amide bonds. The zero-order valence-electron chi connectivity index (χ0n) is 17.1. The molecule has 2 fully saturated rings. The summed E-state index contributed by atoms with van der Waals surface area (Å²) in [7, 11) is 0. The number of carbonyl (C=O) groups excluding carboxylic acids is 1. The lowest BCUT2D eigenvalue weighted by Gasteiger charge is -2.41. The van der Waals surface area contributed by atoms with Gasteiger partial charge in [0.2, 0.25) is 5.91 Å². The molecule has 0 saturated carbocycles. The first-order chi connectivity index (χ1) is 14.8. The fourth-order valence-corrected chi connectivity index (χ4v) is 5.38. The van der Waals surface area contributed by atoms with Gasteiger partial charge in [-0.1, -0.05) is 30.3 Å². The van der Waals surface area contributed by atoms with Crippen molar-refractivity contribution in [3.8, 4) is 0 Å². The summed E-state index contributed by atoms with van der Waals surface area (Å²) in [6.07, 6.45) is 5.12. The van der Waals surface area contributed by atoms with Gasteiger partial charge in [0.05, 0.1) is 5.39 Å². The first-order valence-electron chi connectivity index (χ1n) is 10.8. The average Bonchev–Trinajstić information content (AvgIpc) is 3.30. The van der Waals surface area contributed by atoms with Crippen LogP contribution in [0.4, 0.5) is 5.82 Å². The highest BCUT2D eigenvalue weighted by atomic mass is 32.1. The molecule has 1 atom stereocenters. The van der Waals surface area contributed by atoms with Crippen LogP contribution < -0.4 is 4.90 Å². The van der Waals surface area contributed by atoms with Crippen LogP contribution in [0.25, 0.3) is 10.2 Å². The third-order valence-electron chi connectivity index (χ3n) is 6.24. The van der Waals surface area contributed by atoms with Gasteiger partial charge in [-0.15, -0.1) is 11.3 Å². The van der Waals surface area contributed by atoms with E-state index < -0.39 is 0 Å². The molecule has 2 aliphatic heterocycles. The van der Waals surface area contributed by atoms with Crippen LogP contribution in [0.5, 0.6) is 0 Å². The van der Waals surface area contributed by atoms with Crippen molar-refractivity contribution in [3.63, 3.8) is 0 Å². The van der Waals surface area contributed by atoms with Gasteiger partial charge in [-0.05, 0) is 36.3 Å². The molecule has 0 spiro atoms. The number of hydrogen-bond donors (Lipinski definition) is 0. The third-order valence-corrected chi connectivity index (χ3v) is 7.06. The molecule has 2 aliphatic rings. The molecule has 0 radical (unpaired) electrons. The van der Waals surface area contributed by atoms with Crippen LogP contribution >= 0.6 is 11.3 Å². The highest BCUT2D eigenvalue weighted by Gasteiger charge is 2.34. The maximum Gasteiger partial charge on any atom is 0.244 e. The Balaban J connectivity index is 1.36. The van der Waals surface area contributed by atoms with Crippen molar-refractivity contribution in [1.82, 2.24) is 19.8 Å². The molecule has 0 N–H and O–H groups in total. The Morgan fingerprint density at radius 3 is 2.43 bits per heavy atom. The van der Waals surface area contributed by atoms with E-state index >= 15 is 0 Å². The normalized spacial score (nSPS) is 19.2. The van der Waals surface area contributed by atoms with Crippen molar-refractivity contribution in [2.75, 3.05) is 44.2 Å². The number of hydrogen-bond acceptors (Lipinski definition) is 6. The number of carbonyl (C=O) groups is 1. The number of benzene rings is 1. The van der Waals surface area contributed by atoms with Crippen LogP contribution in [0.2, 0.25) is 0 Å². The predicted octanol–water partition coefficient (Wildman–Crippen LogP) is 3.57. The number of anilines is 1. The molecule has 5 rings (SSSR count). The minimum Gasteiger partial charge on any atom is -0.353 e. The van der Waals surface area contributed by atoms with E-state index in [2.05, 4.69) is 48.2 Å². The van der Waals surface area contributed by atoms with Crippen LogP contribution in [0.1, 0.15) is 30.9 Å². The lowest BCUT2D eigenvalue weighted by Crippen LogP contribution is -2.52. The second-order valence-electron chi connectivity index (χ2n) is 8.06. The van der Waals surface area contributed by atoms with Gasteiger partial charge in [0, 0.05) is 39.3 Å². The Hall–Kier alpha value is -2.51. The summed E-state index contributed by atoms with van der Waals surface area (Å²) in [5.74, 6) is 1.27. The van der Waals surface area contributed by atoms with Crippen LogP contribution in [-0.4, -0.2) is 64.9 Å².